The lowest BCUT2D eigenvalue weighted by molar-refractivity contribution is 0.0532. The molecule has 0 saturated heterocycles. The monoisotopic (exact) mass is 363 g/mol. The molecule has 3 rings (SSSR count). The number of hydrogen-bond donors (Lipinski definition) is 0. The van der Waals surface area contributed by atoms with Gasteiger partial charge in [0.25, 0.3) is 5.82 Å². The van der Waals surface area contributed by atoms with Crippen molar-refractivity contribution in [2.24, 2.45) is 0 Å². The Morgan fingerprint density at radius 1 is 1.33 bits per heavy atom. The van der Waals surface area contributed by atoms with Crippen LogP contribution in [0.1, 0.15) is 10.6 Å². The van der Waals surface area contributed by atoms with E-state index in [9.17, 15) is 9.18 Å². The lowest BCUT2D eigenvalue weighted by Crippen LogP contribution is -2.09. The maximum atomic E-state index is 13.1. The zero-order valence-corrected chi connectivity index (χ0v) is 13.9. The van der Waals surface area contributed by atoms with Gasteiger partial charge < -0.3 is 4.74 Å². The molecule has 0 aliphatic rings. The van der Waals surface area contributed by atoms with E-state index in [-0.39, 0.29) is 23.3 Å². The van der Waals surface area contributed by atoms with Crippen molar-refractivity contribution < 1.29 is 13.9 Å². The number of nitrogens with zero attached hydrogens (tertiary/aromatic N) is 3. The number of thiophene rings is 1. The Balaban J connectivity index is 2.01. The number of hydrogen-bond acceptors (Lipinski definition) is 5. The van der Waals surface area contributed by atoms with Crippen LogP contribution in [0.4, 0.5) is 4.39 Å². The van der Waals surface area contributed by atoms with E-state index in [2.05, 4.69) is 16.7 Å². The summed E-state index contributed by atoms with van der Waals surface area (Å²) in [6, 6.07) is 9.44. The fourth-order valence-corrected chi connectivity index (χ4v) is 2.69. The van der Waals surface area contributed by atoms with Crippen molar-refractivity contribution in [2.75, 3.05) is 6.61 Å². The largest absolute Gasteiger partial charge is 0.454 e. The minimum Gasteiger partial charge on any atom is -0.454 e. The fourth-order valence-electron chi connectivity index (χ4n) is 1.93. The summed E-state index contributed by atoms with van der Waals surface area (Å²) >= 11 is 7.03. The normalized spacial score (nSPS) is 10.6. The first-order valence-corrected chi connectivity index (χ1v) is 8.07. The van der Waals surface area contributed by atoms with Crippen molar-refractivity contribution in [3.8, 4) is 16.4 Å². The Hall–Kier alpha value is -2.51. The molecule has 0 fully saturated rings. The lowest BCUT2D eigenvalue weighted by atomic mass is 10.3. The van der Waals surface area contributed by atoms with Gasteiger partial charge in [0.05, 0.1) is 10.6 Å². The minimum atomic E-state index is -0.713. The van der Waals surface area contributed by atoms with Gasteiger partial charge in [0, 0.05) is 5.03 Å². The first kappa shape index (κ1) is 16.4. The molecule has 24 heavy (non-hydrogen) atoms. The Labute approximate surface area is 146 Å². The van der Waals surface area contributed by atoms with E-state index in [4.69, 9.17) is 16.3 Å². The number of carbonyl (C=O) groups excluding carboxylic acids is 1. The highest BCUT2D eigenvalue weighted by Crippen LogP contribution is 2.25. The van der Waals surface area contributed by atoms with Gasteiger partial charge in [0.2, 0.25) is 0 Å². The summed E-state index contributed by atoms with van der Waals surface area (Å²) in [5.74, 6) is -0.721. The summed E-state index contributed by atoms with van der Waals surface area (Å²) in [4.78, 5) is 17.1. The third-order valence-electron chi connectivity index (χ3n) is 2.96. The van der Waals surface area contributed by atoms with E-state index in [1.807, 2.05) is 17.5 Å². The molecule has 2 heterocycles. The van der Waals surface area contributed by atoms with E-state index >= 15 is 0 Å². The van der Waals surface area contributed by atoms with E-state index in [0.29, 0.717) is 11.5 Å². The van der Waals surface area contributed by atoms with Crippen molar-refractivity contribution in [3.05, 3.63) is 65.0 Å². The molecule has 0 spiro atoms. The third-order valence-corrected chi connectivity index (χ3v) is 3.94. The first-order valence-electron chi connectivity index (χ1n) is 6.82. The minimum absolute atomic E-state index is 0.111. The predicted molar refractivity (Wildman–Crippen MR) is 89.9 cm³/mol. The molecule has 0 atom stereocenters. The summed E-state index contributed by atoms with van der Waals surface area (Å²) in [7, 11) is 0. The molecule has 0 amide bonds. The Morgan fingerprint density at radius 2 is 2.08 bits per heavy atom. The summed E-state index contributed by atoms with van der Waals surface area (Å²) in [5.41, 5.74) is 0.577. The molecule has 1 aromatic carbocycles. The second kappa shape index (κ2) is 6.94. The maximum Gasteiger partial charge on any atom is 0.378 e. The summed E-state index contributed by atoms with van der Waals surface area (Å²) in [6.45, 7) is 3.32. The number of aromatic nitrogens is 3. The molecule has 3 aromatic rings. The quantitative estimate of drug-likeness (QED) is 0.642. The summed E-state index contributed by atoms with van der Waals surface area (Å²) in [5, 5.41) is 6.26. The molecule has 8 heteroatoms. The zero-order chi connectivity index (χ0) is 17.1. The molecular weight excluding hydrogens is 353 g/mol. The van der Waals surface area contributed by atoms with Crippen LogP contribution in [0, 0.1) is 5.82 Å². The van der Waals surface area contributed by atoms with Crippen molar-refractivity contribution >= 4 is 28.9 Å². The van der Waals surface area contributed by atoms with Gasteiger partial charge in [0.15, 0.2) is 5.82 Å². The molecule has 0 saturated carbocycles. The molecule has 0 aliphatic heterocycles. The molecule has 5 nitrogen and oxygen atoms in total. The summed E-state index contributed by atoms with van der Waals surface area (Å²) < 4.78 is 19.6. The van der Waals surface area contributed by atoms with Gasteiger partial charge in [-0.15, -0.1) is 16.4 Å². The molecule has 0 aliphatic carbocycles. The lowest BCUT2D eigenvalue weighted by Gasteiger charge is -2.03. The van der Waals surface area contributed by atoms with Crippen molar-refractivity contribution in [3.63, 3.8) is 0 Å². The molecule has 0 radical (unpaired) electrons. The Morgan fingerprint density at radius 3 is 2.71 bits per heavy atom. The predicted octanol–water partition coefficient (Wildman–Crippen LogP) is 4.04. The Bertz CT molecular complexity index is 875. The molecular formula is C16H11ClFN3O2S. The topological polar surface area (TPSA) is 57.0 Å². The highest BCUT2D eigenvalue weighted by molar-refractivity contribution is 7.13. The SMILES string of the molecule is C=C(Cl)COC(=O)c1nc(-c2cccs2)n(-c2ccc(F)cc2)n1. The van der Waals surface area contributed by atoms with Gasteiger partial charge in [-0.3, -0.25) is 0 Å². The van der Waals surface area contributed by atoms with Crippen LogP contribution in [0.3, 0.4) is 0 Å². The van der Waals surface area contributed by atoms with Gasteiger partial charge >= 0.3 is 5.97 Å². The maximum absolute atomic E-state index is 13.1. The van der Waals surface area contributed by atoms with Crippen LogP contribution in [0.5, 0.6) is 0 Å². The number of rotatable bonds is 5. The molecule has 0 unspecified atom stereocenters. The van der Waals surface area contributed by atoms with Crippen molar-refractivity contribution in [1.82, 2.24) is 14.8 Å². The third kappa shape index (κ3) is 3.52. The van der Waals surface area contributed by atoms with E-state index in [0.717, 1.165) is 4.88 Å². The van der Waals surface area contributed by atoms with Crippen LogP contribution in [-0.4, -0.2) is 27.3 Å². The van der Waals surface area contributed by atoms with Gasteiger partial charge in [-0.2, -0.15) is 4.98 Å². The van der Waals surface area contributed by atoms with E-state index in [1.54, 1.807) is 12.1 Å². The number of ether oxygens (including phenoxy) is 1. The standard InChI is InChI=1S/C16H11ClFN3O2S/c1-10(17)9-23-16(22)14-19-15(13-3-2-8-24-13)21(20-14)12-6-4-11(18)5-7-12/h2-8H,1,9H2. The van der Waals surface area contributed by atoms with Crippen LogP contribution < -0.4 is 0 Å². The zero-order valence-electron chi connectivity index (χ0n) is 12.3. The smallest absolute Gasteiger partial charge is 0.378 e. The van der Waals surface area contributed by atoms with Gasteiger partial charge in [-0.1, -0.05) is 24.2 Å². The average Bonchev–Trinajstić information content (AvgIpc) is 3.22. The highest BCUT2D eigenvalue weighted by atomic mass is 35.5. The number of benzene rings is 1. The number of halogens is 2. The second-order valence-corrected chi connectivity index (χ2v) is 6.20. The first-order chi connectivity index (χ1) is 11.5. The fraction of sp³-hybridized carbons (Fsp3) is 0.0625. The van der Waals surface area contributed by atoms with Gasteiger partial charge in [-0.05, 0) is 35.7 Å². The van der Waals surface area contributed by atoms with Crippen LogP contribution in [0.15, 0.2) is 53.4 Å². The average molecular weight is 364 g/mol. The molecule has 122 valence electrons. The van der Waals surface area contributed by atoms with Crippen molar-refractivity contribution in [1.29, 1.82) is 0 Å². The van der Waals surface area contributed by atoms with Crippen LogP contribution in [0.2, 0.25) is 0 Å². The Kier molecular flexibility index (Phi) is 4.73. The van der Waals surface area contributed by atoms with Gasteiger partial charge in [0.1, 0.15) is 12.4 Å². The van der Waals surface area contributed by atoms with E-state index < -0.39 is 5.97 Å². The van der Waals surface area contributed by atoms with Gasteiger partial charge in [-0.25, -0.2) is 13.9 Å². The van der Waals surface area contributed by atoms with Crippen molar-refractivity contribution in [2.45, 2.75) is 0 Å². The molecule has 0 N–H and O–H groups in total. The molecule has 2 aromatic heterocycles. The van der Waals surface area contributed by atoms with Crippen LogP contribution in [0.25, 0.3) is 16.4 Å². The van der Waals surface area contributed by atoms with Crippen LogP contribution >= 0.6 is 22.9 Å². The highest BCUT2D eigenvalue weighted by Gasteiger charge is 2.20. The molecule has 0 bridgehead atoms. The summed E-state index contributed by atoms with van der Waals surface area (Å²) in [6.07, 6.45) is 0. The van der Waals surface area contributed by atoms with Crippen LogP contribution in [-0.2, 0) is 4.74 Å². The number of carbonyl (C=O) groups is 1. The second-order valence-electron chi connectivity index (χ2n) is 4.72. The van der Waals surface area contributed by atoms with E-state index in [1.165, 1.54) is 28.2 Å². The number of esters is 1.